The SMILES string of the molecule is CC1(C)CCC(C)(C)c2cc(C(O)C#Cc3ccccc3)ccc21.CO. The molecule has 1 aliphatic carbocycles. The third kappa shape index (κ3) is 4.36. The van der Waals surface area contributed by atoms with Gasteiger partial charge < -0.3 is 10.2 Å². The molecule has 0 spiro atoms. The number of hydrogen-bond acceptors (Lipinski definition) is 2. The highest BCUT2D eigenvalue weighted by molar-refractivity contribution is 5.45. The molecule has 0 amide bonds. The van der Waals surface area contributed by atoms with Crippen LogP contribution in [0.2, 0.25) is 0 Å². The van der Waals surface area contributed by atoms with Crippen molar-refractivity contribution in [3.63, 3.8) is 0 Å². The number of aliphatic hydroxyl groups excluding tert-OH is 2. The second-order valence-electron chi connectivity index (χ2n) is 8.11. The zero-order valence-electron chi connectivity index (χ0n) is 16.5. The van der Waals surface area contributed by atoms with Crippen molar-refractivity contribution in [1.29, 1.82) is 0 Å². The Hall–Kier alpha value is -2.08. The van der Waals surface area contributed by atoms with Crippen LogP contribution in [0, 0.1) is 11.8 Å². The molecule has 1 unspecified atom stereocenters. The molecule has 26 heavy (non-hydrogen) atoms. The van der Waals surface area contributed by atoms with Crippen molar-refractivity contribution >= 4 is 0 Å². The summed E-state index contributed by atoms with van der Waals surface area (Å²) in [5.41, 5.74) is 4.93. The van der Waals surface area contributed by atoms with Crippen LogP contribution in [0.4, 0.5) is 0 Å². The highest BCUT2D eigenvalue weighted by atomic mass is 16.3. The van der Waals surface area contributed by atoms with Crippen molar-refractivity contribution in [2.45, 2.75) is 57.5 Å². The summed E-state index contributed by atoms with van der Waals surface area (Å²) in [5.74, 6) is 6.04. The van der Waals surface area contributed by atoms with Gasteiger partial charge in [0.25, 0.3) is 0 Å². The first-order valence-electron chi connectivity index (χ1n) is 9.14. The van der Waals surface area contributed by atoms with Crippen LogP contribution in [-0.2, 0) is 10.8 Å². The Balaban J connectivity index is 0.00000117. The maximum atomic E-state index is 10.5. The molecular weight excluding hydrogens is 320 g/mol. The molecule has 0 bridgehead atoms. The predicted molar refractivity (Wildman–Crippen MR) is 108 cm³/mol. The van der Waals surface area contributed by atoms with E-state index in [0.29, 0.717) is 0 Å². The summed E-state index contributed by atoms with van der Waals surface area (Å²) in [6.07, 6.45) is 1.61. The lowest BCUT2D eigenvalue weighted by Gasteiger charge is -2.42. The topological polar surface area (TPSA) is 40.5 Å². The van der Waals surface area contributed by atoms with Gasteiger partial charge in [-0.2, -0.15) is 0 Å². The lowest BCUT2D eigenvalue weighted by atomic mass is 9.63. The largest absolute Gasteiger partial charge is 0.400 e. The molecule has 0 aliphatic heterocycles. The predicted octanol–water partition coefficient (Wildman–Crippen LogP) is 4.73. The van der Waals surface area contributed by atoms with E-state index in [-0.39, 0.29) is 10.8 Å². The molecule has 2 aromatic carbocycles. The molecule has 0 heterocycles. The van der Waals surface area contributed by atoms with Gasteiger partial charge in [0, 0.05) is 12.7 Å². The molecule has 2 heteroatoms. The fourth-order valence-electron chi connectivity index (χ4n) is 3.53. The molecule has 1 aliphatic rings. The van der Waals surface area contributed by atoms with Crippen LogP contribution in [0.5, 0.6) is 0 Å². The van der Waals surface area contributed by atoms with Gasteiger partial charge in [-0.3, -0.25) is 0 Å². The standard InChI is InChI=1S/C23H26O.CH4O/c1-22(2)14-15-23(3,4)20-16-18(11-12-19(20)22)21(24)13-10-17-8-6-5-7-9-17;1-2/h5-9,11-12,16,21,24H,14-15H2,1-4H3;2H,1H3. The lowest BCUT2D eigenvalue weighted by molar-refractivity contribution is 0.237. The van der Waals surface area contributed by atoms with Crippen LogP contribution in [0.25, 0.3) is 0 Å². The second kappa shape index (κ2) is 8.08. The third-order valence-corrected chi connectivity index (χ3v) is 5.32. The summed E-state index contributed by atoms with van der Waals surface area (Å²) in [5, 5.41) is 17.5. The minimum Gasteiger partial charge on any atom is -0.400 e. The van der Waals surface area contributed by atoms with Gasteiger partial charge in [0.1, 0.15) is 6.10 Å². The van der Waals surface area contributed by atoms with Crippen molar-refractivity contribution in [3.8, 4) is 11.8 Å². The Labute approximate surface area is 157 Å². The van der Waals surface area contributed by atoms with Crippen LogP contribution >= 0.6 is 0 Å². The first-order chi connectivity index (χ1) is 12.3. The smallest absolute Gasteiger partial charge is 0.140 e. The molecule has 0 fully saturated rings. The first kappa shape index (κ1) is 20.2. The van der Waals surface area contributed by atoms with E-state index in [2.05, 4.69) is 51.7 Å². The van der Waals surface area contributed by atoms with Crippen molar-refractivity contribution in [2.24, 2.45) is 0 Å². The van der Waals surface area contributed by atoms with Crippen molar-refractivity contribution in [2.75, 3.05) is 7.11 Å². The van der Waals surface area contributed by atoms with Crippen molar-refractivity contribution in [1.82, 2.24) is 0 Å². The maximum absolute atomic E-state index is 10.5. The summed E-state index contributed by atoms with van der Waals surface area (Å²) in [4.78, 5) is 0. The summed E-state index contributed by atoms with van der Waals surface area (Å²) in [6.45, 7) is 9.22. The van der Waals surface area contributed by atoms with E-state index in [4.69, 9.17) is 5.11 Å². The maximum Gasteiger partial charge on any atom is 0.140 e. The molecule has 0 saturated carbocycles. The van der Waals surface area contributed by atoms with E-state index >= 15 is 0 Å². The lowest BCUT2D eigenvalue weighted by Crippen LogP contribution is -2.34. The number of aliphatic hydroxyl groups is 2. The van der Waals surface area contributed by atoms with Gasteiger partial charge in [-0.15, -0.1) is 0 Å². The monoisotopic (exact) mass is 350 g/mol. The Morgan fingerprint density at radius 1 is 0.846 bits per heavy atom. The van der Waals surface area contributed by atoms with E-state index in [1.807, 2.05) is 36.4 Å². The van der Waals surface area contributed by atoms with Crippen molar-refractivity contribution < 1.29 is 10.2 Å². The molecule has 2 aromatic rings. The quantitative estimate of drug-likeness (QED) is 0.730. The van der Waals surface area contributed by atoms with E-state index in [9.17, 15) is 5.11 Å². The van der Waals surface area contributed by atoms with Gasteiger partial charge in [-0.25, -0.2) is 0 Å². The fourth-order valence-corrected chi connectivity index (χ4v) is 3.53. The van der Waals surface area contributed by atoms with Gasteiger partial charge in [-0.05, 0) is 52.5 Å². The Morgan fingerprint density at radius 2 is 1.42 bits per heavy atom. The van der Waals surface area contributed by atoms with Gasteiger partial charge >= 0.3 is 0 Å². The molecule has 2 N–H and O–H groups in total. The Bertz CT molecular complexity index is 792. The minimum atomic E-state index is -0.753. The summed E-state index contributed by atoms with van der Waals surface area (Å²) >= 11 is 0. The average Bonchev–Trinajstić information content (AvgIpc) is 2.66. The summed E-state index contributed by atoms with van der Waals surface area (Å²) < 4.78 is 0. The van der Waals surface area contributed by atoms with Gasteiger partial charge in [0.2, 0.25) is 0 Å². The zero-order chi connectivity index (χ0) is 19.4. The average molecular weight is 351 g/mol. The molecule has 0 radical (unpaired) electrons. The number of hydrogen-bond donors (Lipinski definition) is 2. The molecule has 2 nitrogen and oxygen atoms in total. The minimum absolute atomic E-state index is 0.146. The van der Waals surface area contributed by atoms with Gasteiger partial charge in [0.15, 0.2) is 0 Å². The molecule has 0 saturated heterocycles. The van der Waals surface area contributed by atoms with E-state index in [1.54, 1.807) is 0 Å². The number of benzene rings is 2. The molecule has 1 atom stereocenters. The normalized spacial score (nSPS) is 17.7. The number of rotatable bonds is 1. The number of fused-ring (bicyclic) bond motifs is 1. The molecule has 138 valence electrons. The van der Waals surface area contributed by atoms with E-state index < -0.39 is 6.10 Å². The van der Waals surface area contributed by atoms with Gasteiger partial charge in [-0.1, -0.05) is 75.9 Å². The van der Waals surface area contributed by atoms with Crippen LogP contribution in [-0.4, -0.2) is 17.3 Å². The fraction of sp³-hybridized carbons (Fsp3) is 0.417. The highest BCUT2D eigenvalue weighted by Gasteiger charge is 2.37. The molecular formula is C24H30O2. The first-order valence-corrected chi connectivity index (χ1v) is 9.14. The van der Waals surface area contributed by atoms with Crippen LogP contribution < -0.4 is 0 Å². The van der Waals surface area contributed by atoms with Crippen LogP contribution in [0.1, 0.15) is 68.9 Å². The van der Waals surface area contributed by atoms with E-state index in [1.165, 1.54) is 24.0 Å². The van der Waals surface area contributed by atoms with Crippen molar-refractivity contribution in [3.05, 3.63) is 70.8 Å². The third-order valence-electron chi connectivity index (χ3n) is 5.32. The second-order valence-corrected chi connectivity index (χ2v) is 8.11. The molecule has 0 aromatic heterocycles. The summed E-state index contributed by atoms with van der Waals surface area (Å²) in [6, 6.07) is 16.2. The Kier molecular flexibility index (Phi) is 6.29. The van der Waals surface area contributed by atoms with Gasteiger partial charge in [0.05, 0.1) is 0 Å². The van der Waals surface area contributed by atoms with Crippen LogP contribution in [0.3, 0.4) is 0 Å². The molecule has 3 rings (SSSR count). The van der Waals surface area contributed by atoms with Crippen LogP contribution in [0.15, 0.2) is 48.5 Å². The van der Waals surface area contributed by atoms with E-state index in [0.717, 1.165) is 18.2 Å². The zero-order valence-corrected chi connectivity index (χ0v) is 16.5. The highest BCUT2D eigenvalue weighted by Crippen LogP contribution is 2.46. The summed E-state index contributed by atoms with van der Waals surface area (Å²) in [7, 11) is 1.00. The Morgan fingerprint density at radius 3 is 2.04 bits per heavy atom.